The molecule has 0 spiro atoms. The molecule has 2 aromatic carbocycles. The molecule has 0 aliphatic heterocycles. The molecule has 10 nitrogen and oxygen atoms in total. The van der Waals surface area contributed by atoms with Crippen LogP contribution in [-0.4, -0.2) is 48.7 Å². The van der Waals surface area contributed by atoms with Crippen LogP contribution in [0.1, 0.15) is 50.0 Å². The normalized spacial score (nSPS) is 12.6. The number of carbonyl (C=O) groups excluding carboxylic acids is 4. The van der Waals surface area contributed by atoms with Crippen LogP contribution in [0.3, 0.4) is 0 Å². The molecular formula is C26H34N4O6. The first-order valence-electron chi connectivity index (χ1n) is 11.5. The Morgan fingerprint density at radius 3 is 2.28 bits per heavy atom. The van der Waals surface area contributed by atoms with Crippen molar-refractivity contribution in [3.63, 3.8) is 0 Å². The van der Waals surface area contributed by atoms with Gasteiger partial charge in [-0.1, -0.05) is 30.3 Å². The Kier molecular flexibility index (Phi) is 9.83. The lowest BCUT2D eigenvalue weighted by Gasteiger charge is -2.23. The van der Waals surface area contributed by atoms with Crippen molar-refractivity contribution < 1.29 is 28.7 Å². The van der Waals surface area contributed by atoms with E-state index in [-0.39, 0.29) is 16.9 Å². The summed E-state index contributed by atoms with van der Waals surface area (Å²) in [5, 5.41) is 7.83. The summed E-state index contributed by atoms with van der Waals surface area (Å²) in [6, 6.07) is 12.1. The fourth-order valence-corrected chi connectivity index (χ4v) is 3.22. The lowest BCUT2D eigenvalue weighted by atomic mass is 10.0. The summed E-state index contributed by atoms with van der Waals surface area (Å²) in [4.78, 5) is 49.7. The fraction of sp³-hybridized carbons (Fsp3) is 0.385. The molecule has 0 unspecified atom stereocenters. The first-order chi connectivity index (χ1) is 16.9. The van der Waals surface area contributed by atoms with Gasteiger partial charge in [-0.05, 0) is 64.3 Å². The van der Waals surface area contributed by atoms with Gasteiger partial charge in [0.05, 0.1) is 18.5 Å². The molecule has 0 saturated carbocycles. The van der Waals surface area contributed by atoms with Crippen LogP contribution in [0.4, 0.5) is 16.2 Å². The summed E-state index contributed by atoms with van der Waals surface area (Å²) in [6.07, 6.45) is 0.0952. The van der Waals surface area contributed by atoms with Gasteiger partial charge in [-0.3, -0.25) is 9.59 Å². The number of ether oxygens (including phenoxy) is 2. The molecule has 0 saturated heterocycles. The maximum Gasteiger partial charge on any atom is 0.408 e. The zero-order valence-corrected chi connectivity index (χ0v) is 21.2. The highest BCUT2D eigenvalue weighted by Gasteiger charge is 2.25. The van der Waals surface area contributed by atoms with Crippen LogP contribution in [0.15, 0.2) is 48.5 Å². The van der Waals surface area contributed by atoms with E-state index in [1.54, 1.807) is 20.8 Å². The Balaban J connectivity index is 2.19. The van der Waals surface area contributed by atoms with Crippen LogP contribution in [-0.2, 0) is 25.5 Å². The number of hydrogen-bond acceptors (Lipinski definition) is 7. The number of carbonyl (C=O) groups is 4. The largest absolute Gasteiger partial charge is 0.467 e. The number of amides is 3. The molecule has 2 aromatic rings. The highest BCUT2D eigenvalue weighted by molar-refractivity contribution is 6.02. The van der Waals surface area contributed by atoms with E-state index in [9.17, 15) is 19.2 Å². The number of alkyl carbamates (subject to hydrolysis) is 1. The first kappa shape index (κ1) is 28.2. The second-order valence-corrected chi connectivity index (χ2v) is 9.23. The molecule has 0 aromatic heterocycles. The smallest absolute Gasteiger partial charge is 0.408 e. The molecular weight excluding hydrogens is 464 g/mol. The predicted molar refractivity (Wildman–Crippen MR) is 136 cm³/mol. The van der Waals surface area contributed by atoms with Crippen molar-refractivity contribution in [1.29, 1.82) is 0 Å². The third-order valence-electron chi connectivity index (χ3n) is 5.05. The van der Waals surface area contributed by atoms with E-state index < -0.39 is 41.6 Å². The zero-order valence-electron chi connectivity index (χ0n) is 21.2. The van der Waals surface area contributed by atoms with Crippen molar-refractivity contribution in [2.24, 2.45) is 0 Å². The first-order valence-corrected chi connectivity index (χ1v) is 11.5. The van der Waals surface area contributed by atoms with Gasteiger partial charge >= 0.3 is 12.1 Å². The van der Waals surface area contributed by atoms with Crippen molar-refractivity contribution in [2.75, 3.05) is 18.2 Å². The number of nitrogens with two attached hydrogens (primary N) is 1. The second-order valence-electron chi connectivity index (χ2n) is 9.23. The Bertz CT molecular complexity index is 1080. The number of methoxy groups -OCH3 is 1. The molecule has 36 heavy (non-hydrogen) atoms. The van der Waals surface area contributed by atoms with E-state index in [0.29, 0.717) is 12.8 Å². The SMILES string of the molecule is COC(=O)[C@H](C)NC(=O)c1ccc(N)c(NC(=O)[C@H](CCc2ccccc2)NC(=O)OC(C)(C)C)c1. The van der Waals surface area contributed by atoms with Crippen molar-refractivity contribution in [3.05, 3.63) is 59.7 Å². The predicted octanol–water partition coefficient (Wildman–Crippen LogP) is 3.02. The molecule has 194 valence electrons. The maximum absolute atomic E-state index is 13.2. The second kappa shape index (κ2) is 12.6. The van der Waals surface area contributed by atoms with Gasteiger partial charge in [-0.15, -0.1) is 0 Å². The zero-order chi connectivity index (χ0) is 26.9. The summed E-state index contributed by atoms with van der Waals surface area (Å²) in [6.45, 7) is 6.67. The van der Waals surface area contributed by atoms with Gasteiger partial charge in [0.2, 0.25) is 5.91 Å². The lowest BCUT2D eigenvalue weighted by molar-refractivity contribution is -0.142. The molecule has 3 amide bonds. The topological polar surface area (TPSA) is 149 Å². The van der Waals surface area contributed by atoms with Crippen molar-refractivity contribution in [2.45, 2.75) is 58.2 Å². The molecule has 0 fully saturated rings. The van der Waals surface area contributed by atoms with Crippen LogP contribution in [0.5, 0.6) is 0 Å². The Labute approximate surface area is 210 Å². The summed E-state index contributed by atoms with van der Waals surface area (Å²) < 4.78 is 9.93. The third kappa shape index (κ3) is 8.94. The maximum atomic E-state index is 13.2. The summed E-state index contributed by atoms with van der Waals surface area (Å²) >= 11 is 0. The van der Waals surface area contributed by atoms with Crippen LogP contribution in [0.25, 0.3) is 0 Å². The standard InChI is InChI=1S/C26H34N4O6/c1-16(24(33)35-5)28-22(31)18-12-13-19(27)21(15-18)29-23(32)20(30-25(34)36-26(2,3)4)14-11-17-9-7-6-8-10-17/h6-10,12-13,15-16,20H,11,14,27H2,1-5H3,(H,28,31)(H,29,32)(H,30,34)/t16-,20-/m0/s1. The summed E-state index contributed by atoms with van der Waals surface area (Å²) in [5.41, 5.74) is 6.88. The molecule has 0 bridgehead atoms. The average Bonchev–Trinajstić information content (AvgIpc) is 2.81. The van der Waals surface area contributed by atoms with Crippen LogP contribution >= 0.6 is 0 Å². The Morgan fingerprint density at radius 1 is 1.00 bits per heavy atom. The molecule has 5 N–H and O–H groups in total. The molecule has 0 heterocycles. The quantitative estimate of drug-likeness (QED) is 0.307. The van der Waals surface area contributed by atoms with E-state index in [1.807, 2.05) is 30.3 Å². The minimum atomic E-state index is -0.934. The van der Waals surface area contributed by atoms with Gasteiger partial charge in [0.1, 0.15) is 17.7 Å². The minimum absolute atomic E-state index is 0.177. The molecule has 0 radical (unpaired) electrons. The van der Waals surface area contributed by atoms with Gasteiger partial charge in [0, 0.05) is 5.56 Å². The third-order valence-corrected chi connectivity index (χ3v) is 5.05. The van der Waals surface area contributed by atoms with Gasteiger partial charge in [-0.2, -0.15) is 0 Å². The number of aryl methyl sites for hydroxylation is 1. The molecule has 10 heteroatoms. The van der Waals surface area contributed by atoms with E-state index >= 15 is 0 Å². The van der Waals surface area contributed by atoms with Gasteiger partial charge < -0.3 is 31.2 Å². The average molecular weight is 499 g/mol. The van der Waals surface area contributed by atoms with Crippen LogP contribution in [0.2, 0.25) is 0 Å². The van der Waals surface area contributed by atoms with Crippen molar-refractivity contribution in [1.82, 2.24) is 10.6 Å². The highest BCUT2D eigenvalue weighted by Crippen LogP contribution is 2.21. The number of esters is 1. The van der Waals surface area contributed by atoms with Crippen LogP contribution < -0.4 is 21.7 Å². The van der Waals surface area contributed by atoms with E-state index in [1.165, 1.54) is 32.2 Å². The van der Waals surface area contributed by atoms with Gasteiger partial charge in [0.15, 0.2) is 0 Å². The van der Waals surface area contributed by atoms with E-state index in [4.69, 9.17) is 10.5 Å². The fourth-order valence-electron chi connectivity index (χ4n) is 3.22. The highest BCUT2D eigenvalue weighted by atomic mass is 16.6. The molecule has 2 rings (SSSR count). The van der Waals surface area contributed by atoms with E-state index in [2.05, 4.69) is 20.7 Å². The molecule has 0 aliphatic rings. The lowest BCUT2D eigenvalue weighted by Crippen LogP contribution is -2.46. The number of nitrogens with one attached hydrogen (secondary N) is 3. The van der Waals surface area contributed by atoms with Crippen LogP contribution in [0, 0.1) is 0 Å². The van der Waals surface area contributed by atoms with Crippen molar-refractivity contribution >= 4 is 35.3 Å². The molecule has 2 atom stereocenters. The number of nitrogen functional groups attached to an aromatic ring is 1. The Morgan fingerprint density at radius 2 is 1.67 bits per heavy atom. The number of benzene rings is 2. The van der Waals surface area contributed by atoms with E-state index in [0.717, 1.165) is 5.56 Å². The minimum Gasteiger partial charge on any atom is -0.467 e. The summed E-state index contributed by atoms with van der Waals surface area (Å²) in [7, 11) is 1.22. The van der Waals surface area contributed by atoms with Gasteiger partial charge in [-0.25, -0.2) is 9.59 Å². The monoisotopic (exact) mass is 498 g/mol. The number of hydrogen-bond donors (Lipinski definition) is 4. The van der Waals surface area contributed by atoms with Crippen molar-refractivity contribution in [3.8, 4) is 0 Å². The molecule has 0 aliphatic carbocycles. The number of anilines is 2. The summed E-state index contributed by atoms with van der Waals surface area (Å²) in [5.74, 6) is -1.67. The van der Waals surface area contributed by atoms with Gasteiger partial charge in [0.25, 0.3) is 5.91 Å². The number of rotatable bonds is 9. The Hall–Kier alpha value is -4.08.